The van der Waals surface area contributed by atoms with Crippen LogP contribution in [-0.2, 0) is 16.2 Å². The van der Waals surface area contributed by atoms with Gasteiger partial charge in [-0.15, -0.1) is 0 Å². The third-order valence-corrected chi connectivity index (χ3v) is 6.86. The first-order valence-corrected chi connectivity index (χ1v) is 13.0. The monoisotopic (exact) mass is 556 g/mol. The van der Waals surface area contributed by atoms with Gasteiger partial charge in [-0.3, -0.25) is 9.78 Å². The smallest absolute Gasteiger partial charge is 0.433 e. The van der Waals surface area contributed by atoms with E-state index in [1.165, 1.54) is 30.3 Å². The standard InChI is InChI=1S/C27H23F3N4O4S/c1-15-12-16(2)24(17(3)13-15)38-26-20(25(35)34-39(36,37)23-7-5-6-18(4)32-23)9-10-21(33-26)19-8-11-22(31-14-19)27(28,29)30/h5-14H,1-4H3,(H,34,35). The molecule has 4 rings (SSSR count). The second-order valence-electron chi connectivity index (χ2n) is 8.86. The minimum atomic E-state index is -4.61. The summed E-state index contributed by atoms with van der Waals surface area (Å²) >= 11 is 0. The number of benzene rings is 1. The van der Waals surface area contributed by atoms with Gasteiger partial charge in [0, 0.05) is 17.5 Å². The molecule has 0 aliphatic heterocycles. The van der Waals surface area contributed by atoms with Crippen molar-refractivity contribution in [1.29, 1.82) is 0 Å². The number of halogens is 3. The minimum absolute atomic E-state index is 0.161. The molecule has 4 aromatic rings. The average molecular weight is 557 g/mol. The molecule has 0 fully saturated rings. The van der Waals surface area contributed by atoms with Gasteiger partial charge in [-0.25, -0.2) is 14.7 Å². The van der Waals surface area contributed by atoms with E-state index in [1.807, 2.05) is 23.8 Å². The van der Waals surface area contributed by atoms with Crippen LogP contribution in [0.25, 0.3) is 11.3 Å². The van der Waals surface area contributed by atoms with Gasteiger partial charge in [0.2, 0.25) is 5.88 Å². The highest BCUT2D eigenvalue weighted by Crippen LogP contribution is 2.33. The maximum Gasteiger partial charge on any atom is 0.433 e. The van der Waals surface area contributed by atoms with Crippen molar-refractivity contribution in [3.05, 3.63) is 94.4 Å². The van der Waals surface area contributed by atoms with Crippen molar-refractivity contribution in [3.8, 4) is 22.9 Å². The molecule has 0 aliphatic rings. The number of aryl methyl sites for hydroxylation is 4. The summed E-state index contributed by atoms with van der Waals surface area (Å²) in [5, 5.41) is -0.344. The Kier molecular flexibility index (Phi) is 7.42. The largest absolute Gasteiger partial charge is 0.438 e. The molecule has 1 aromatic carbocycles. The molecule has 12 heteroatoms. The number of carbonyl (C=O) groups excluding carboxylic acids is 1. The molecule has 0 saturated carbocycles. The summed E-state index contributed by atoms with van der Waals surface area (Å²) in [4.78, 5) is 24.9. The van der Waals surface area contributed by atoms with E-state index in [4.69, 9.17) is 4.74 Å². The van der Waals surface area contributed by atoms with Gasteiger partial charge in [0.05, 0.1) is 5.69 Å². The highest BCUT2D eigenvalue weighted by Gasteiger charge is 2.32. The zero-order valence-electron chi connectivity index (χ0n) is 21.3. The molecule has 0 bridgehead atoms. The Hall–Kier alpha value is -4.32. The zero-order valence-corrected chi connectivity index (χ0v) is 22.1. The summed E-state index contributed by atoms with van der Waals surface area (Å²) in [5.74, 6) is -0.874. The van der Waals surface area contributed by atoms with Gasteiger partial charge < -0.3 is 4.74 Å². The quantitative estimate of drug-likeness (QED) is 0.324. The van der Waals surface area contributed by atoms with Gasteiger partial charge in [0.1, 0.15) is 17.0 Å². The molecule has 39 heavy (non-hydrogen) atoms. The molecule has 0 unspecified atom stereocenters. The number of hydrogen-bond acceptors (Lipinski definition) is 7. The topological polar surface area (TPSA) is 111 Å². The summed E-state index contributed by atoms with van der Waals surface area (Å²) in [6, 6.07) is 12.7. The normalized spacial score (nSPS) is 11.8. The van der Waals surface area contributed by atoms with Crippen molar-refractivity contribution in [2.45, 2.75) is 38.9 Å². The van der Waals surface area contributed by atoms with Crippen LogP contribution in [0.3, 0.4) is 0 Å². The number of hydrogen-bond donors (Lipinski definition) is 1. The number of nitrogens with one attached hydrogen (secondary N) is 1. The predicted molar refractivity (Wildman–Crippen MR) is 137 cm³/mol. The second kappa shape index (κ2) is 10.4. The van der Waals surface area contributed by atoms with Crippen molar-refractivity contribution in [3.63, 3.8) is 0 Å². The first kappa shape index (κ1) is 27.7. The number of alkyl halides is 3. The van der Waals surface area contributed by atoms with Crippen molar-refractivity contribution < 1.29 is 31.1 Å². The lowest BCUT2D eigenvalue weighted by molar-refractivity contribution is -0.141. The molecule has 0 atom stereocenters. The van der Waals surface area contributed by atoms with Crippen molar-refractivity contribution in [1.82, 2.24) is 19.7 Å². The highest BCUT2D eigenvalue weighted by atomic mass is 32.2. The molecular formula is C27H23F3N4O4S. The third-order valence-electron chi connectivity index (χ3n) is 5.62. The SMILES string of the molecule is Cc1cc(C)c(Oc2nc(-c3ccc(C(F)(F)F)nc3)ccc2C(=O)NS(=O)(=O)c2cccc(C)n2)c(C)c1. The number of pyridine rings is 3. The summed E-state index contributed by atoms with van der Waals surface area (Å²) in [5.41, 5.74) is 1.99. The van der Waals surface area contributed by atoms with Crippen LogP contribution in [0.15, 0.2) is 65.8 Å². The van der Waals surface area contributed by atoms with Crippen LogP contribution in [0.5, 0.6) is 11.6 Å². The van der Waals surface area contributed by atoms with E-state index < -0.39 is 27.8 Å². The van der Waals surface area contributed by atoms with Crippen LogP contribution in [0, 0.1) is 27.7 Å². The Morgan fingerprint density at radius 3 is 2.21 bits per heavy atom. The lowest BCUT2D eigenvalue weighted by Gasteiger charge is -2.16. The maximum absolute atomic E-state index is 13.2. The lowest BCUT2D eigenvalue weighted by Crippen LogP contribution is -2.31. The van der Waals surface area contributed by atoms with Crippen LogP contribution in [0.1, 0.15) is 38.4 Å². The molecule has 8 nitrogen and oxygen atoms in total. The van der Waals surface area contributed by atoms with Crippen LogP contribution < -0.4 is 9.46 Å². The maximum atomic E-state index is 13.2. The molecule has 0 saturated heterocycles. The van der Waals surface area contributed by atoms with Crippen molar-refractivity contribution in [2.24, 2.45) is 0 Å². The number of rotatable bonds is 6. The molecular weight excluding hydrogens is 533 g/mol. The van der Waals surface area contributed by atoms with E-state index in [2.05, 4.69) is 15.0 Å². The third kappa shape index (κ3) is 6.23. The van der Waals surface area contributed by atoms with Gasteiger partial charge in [0.15, 0.2) is 5.03 Å². The fourth-order valence-electron chi connectivity index (χ4n) is 3.89. The Balaban J connectivity index is 1.77. The van der Waals surface area contributed by atoms with Crippen LogP contribution in [0.4, 0.5) is 13.2 Å². The Morgan fingerprint density at radius 2 is 1.62 bits per heavy atom. The number of nitrogens with zero attached hydrogens (tertiary/aromatic N) is 3. The van der Waals surface area contributed by atoms with Gasteiger partial charge in [-0.05, 0) is 75.2 Å². The fourth-order valence-corrected chi connectivity index (χ4v) is 4.87. The lowest BCUT2D eigenvalue weighted by atomic mass is 10.1. The molecule has 0 radical (unpaired) electrons. The van der Waals surface area contributed by atoms with E-state index in [0.717, 1.165) is 29.0 Å². The van der Waals surface area contributed by atoms with E-state index in [-0.39, 0.29) is 27.7 Å². The van der Waals surface area contributed by atoms with Crippen molar-refractivity contribution in [2.75, 3.05) is 0 Å². The number of ether oxygens (including phenoxy) is 1. The zero-order chi connectivity index (χ0) is 28.5. The Bertz CT molecular complexity index is 1650. The Morgan fingerprint density at radius 1 is 0.923 bits per heavy atom. The van der Waals surface area contributed by atoms with E-state index in [0.29, 0.717) is 11.4 Å². The first-order chi connectivity index (χ1) is 18.2. The highest BCUT2D eigenvalue weighted by molar-refractivity contribution is 7.90. The number of sulfonamides is 1. The summed E-state index contributed by atoms with van der Waals surface area (Å²) < 4.78 is 72.6. The number of carbonyl (C=O) groups is 1. The summed E-state index contributed by atoms with van der Waals surface area (Å²) in [7, 11) is -4.33. The van der Waals surface area contributed by atoms with Gasteiger partial charge >= 0.3 is 6.18 Å². The van der Waals surface area contributed by atoms with Gasteiger partial charge in [0.25, 0.3) is 15.9 Å². The van der Waals surface area contributed by atoms with Crippen LogP contribution in [0.2, 0.25) is 0 Å². The van der Waals surface area contributed by atoms with Crippen LogP contribution in [-0.4, -0.2) is 29.3 Å². The molecule has 1 amide bonds. The Labute approximate surface area is 223 Å². The number of aromatic nitrogens is 3. The predicted octanol–water partition coefficient (Wildman–Crippen LogP) is 5.70. The van der Waals surface area contributed by atoms with Crippen LogP contribution >= 0.6 is 0 Å². The molecule has 1 N–H and O–H groups in total. The van der Waals surface area contributed by atoms with E-state index >= 15 is 0 Å². The average Bonchev–Trinajstić information content (AvgIpc) is 2.85. The summed E-state index contributed by atoms with van der Waals surface area (Å²) in [6.07, 6.45) is -3.61. The van der Waals surface area contributed by atoms with Crippen molar-refractivity contribution >= 4 is 15.9 Å². The number of amides is 1. The molecule has 3 heterocycles. The second-order valence-corrected chi connectivity index (χ2v) is 10.5. The molecule has 0 spiro atoms. The fraction of sp³-hybridized carbons (Fsp3) is 0.185. The van der Waals surface area contributed by atoms with Gasteiger partial charge in [-0.2, -0.15) is 21.6 Å². The van der Waals surface area contributed by atoms with E-state index in [9.17, 15) is 26.4 Å². The molecule has 0 aliphatic carbocycles. The molecule has 3 aromatic heterocycles. The minimum Gasteiger partial charge on any atom is -0.438 e. The van der Waals surface area contributed by atoms with E-state index in [1.54, 1.807) is 26.8 Å². The molecule has 202 valence electrons. The first-order valence-electron chi connectivity index (χ1n) is 11.6. The summed E-state index contributed by atoms with van der Waals surface area (Å²) in [6.45, 7) is 7.11. The van der Waals surface area contributed by atoms with Gasteiger partial charge in [-0.1, -0.05) is 23.8 Å².